The second-order valence-corrected chi connectivity index (χ2v) is 11.1. The number of pyridine rings is 1. The van der Waals surface area contributed by atoms with Gasteiger partial charge in [-0.2, -0.15) is 0 Å². The molecule has 10 heteroatoms. The van der Waals surface area contributed by atoms with Crippen LogP contribution in [0, 0.1) is 0 Å². The lowest BCUT2D eigenvalue weighted by Gasteiger charge is -2.31. The number of nitrogens with zero attached hydrogens (tertiary/aromatic N) is 2. The fourth-order valence-corrected chi connectivity index (χ4v) is 5.99. The lowest BCUT2D eigenvalue weighted by molar-refractivity contribution is 0.0505. The Bertz CT molecular complexity index is 1270. The third-order valence-electron chi connectivity index (χ3n) is 5.55. The number of hydrogen-bond acceptors (Lipinski definition) is 6. The van der Waals surface area contributed by atoms with E-state index >= 15 is 0 Å². The van der Waals surface area contributed by atoms with Gasteiger partial charge in [-0.1, -0.05) is 6.07 Å². The number of anilines is 2. The number of carbonyl (C=O) groups is 1. The van der Waals surface area contributed by atoms with Gasteiger partial charge in [0.15, 0.2) is 0 Å². The lowest BCUT2D eigenvalue weighted by atomic mass is 10.2. The molecule has 0 radical (unpaired) electrons. The van der Waals surface area contributed by atoms with Crippen molar-refractivity contribution in [3.05, 3.63) is 48.8 Å². The molecule has 1 aliphatic rings. The summed E-state index contributed by atoms with van der Waals surface area (Å²) in [4.78, 5) is 19.7. The maximum absolute atomic E-state index is 13.9. The first-order valence-corrected chi connectivity index (χ1v) is 12.3. The van der Waals surface area contributed by atoms with Crippen LogP contribution in [0.2, 0.25) is 0 Å². The Hall–Kier alpha value is -3.27. The van der Waals surface area contributed by atoms with E-state index in [0.29, 0.717) is 41.7 Å². The Morgan fingerprint density at radius 3 is 2.76 bits per heavy atom. The van der Waals surface area contributed by atoms with E-state index in [4.69, 9.17) is 10.5 Å². The average Bonchev–Trinajstić information content (AvgIpc) is 3.36. The summed E-state index contributed by atoms with van der Waals surface area (Å²) < 4.78 is 34.6. The van der Waals surface area contributed by atoms with Crippen molar-refractivity contribution in [2.75, 3.05) is 10.0 Å². The van der Waals surface area contributed by atoms with Crippen LogP contribution in [0.1, 0.15) is 40.0 Å². The quantitative estimate of drug-likeness (QED) is 0.485. The molecule has 1 amide bonds. The molecule has 0 spiro atoms. The van der Waals surface area contributed by atoms with Gasteiger partial charge < -0.3 is 20.8 Å². The monoisotopic (exact) mass is 471 g/mol. The van der Waals surface area contributed by atoms with E-state index in [1.54, 1.807) is 57.4 Å². The molecule has 1 aliphatic carbocycles. The van der Waals surface area contributed by atoms with Gasteiger partial charge in [-0.15, -0.1) is 0 Å². The molecule has 1 saturated carbocycles. The van der Waals surface area contributed by atoms with E-state index < -0.39 is 21.7 Å². The molecule has 2 atom stereocenters. The van der Waals surface area contributed by atoms with Crippen molar-refractivity contribution in [1.82, 2.24) is 15.3 Å². The normalized spacial score (nSPS) is 18.9. The number of H-pyrrole nitrogens is 1. The van der Waals surface area contributed by atoms with Crippen LogP contribution >= 0.6 is 0 Å². The van der Waals surface area contributed by atoms with E-state index in [1.807, 2.05) is 6.07 Å². The van der Waals surface area contributed by atoms with Crippen molar-refractivity contribution in [2.24, 2.45) is 0 Å². The zero-order valence-electron chi connectivity index (χ0n) is 18.9. The molecule has 0 saturated heterocycles. The molecular formula is C23H29N5O4S. The Morgan fingerprint density at radius 2 is 2.03 bits per heavy atom. The van der Waals surface area contributed by atoms with Gasteiger partial charge in [0.2, 0.25) is 0 Å². The first-order valence-electron chi connectivity index (χ1n) is 10.9. The highest BCUT2D eigenvalue weighted by molar-refractivity contribution is 7.92. The molecule has 3 aromatic rings. The third-order valence-corrected chi connectivity index (χ3v) is 7.41. The van der Waals surface area contributed by atoms with Crippen LogP contribution in [0.4, 0.5) is 16.2 Å². The summed E-state index contributed by atoms with van der Waals surface area (Å²) in [5, 5.41) is 3.59. The number of rotatable bonds is 5. The summed E-state index contributed by atoms with van der Waals surface area (Å²) in [7, 11) is -3.94. The van der Waals surface area contributed by atoms with Crippen LogP contribution in [-0.2, 0) is 14.8 Å². The topological polar surface area (TPSA) is 130 Å². The van der Waals surface area contributed by atoms with Gasteiger partial charge in [0, 0.05) is 35.6 Å². The summed E-state index contributed by atoms with van der Waals surface area (Å²) in [5.41, 5.74) is 6.78. The number of amides is 1. The number of benzene rings is 1. The van der Waals surface area contributed by atoms with Gasteiger partial charge in [0.05, 0.1) is 10.6 Å². The number of hydrogen-bond donors (Lipinski definition) is 3. The SMILES string of the molecule is CC(C)(C)OC(=O)N[C@H]1CC[C@@H](N(c2ccnc3[nH]ccc23)S(=O)(=O)c2cccc(N)c2)C1. The largest absolute Gasteiger partial charge is 0.444 e. The van der Waals surface area contributed by atoms with Crippen molar-refractivity contribution in [3.8, 4) is 0 Å². The van der Waals surface area contributed by atoms with Crippen LogP contribution in [0.15, 0.2) is 53.7 Å². The predicted molar refractivity (Wildman–Crippen MR) is 127 cm³/mol. The molecule has 2 heterocycles. The Labute approximate surface area is 193 Å². The molecule has 1 aromatic carbocycles. The number of sulfonamides is 1. The van der Waals surface area contributed by atoms with E-state index in [1.165, 1.54) is 10.4 Å². The number of fused-ring (bicyclic) bond motifs is 1. The predicted octanol–water partition coefficient (Wildman–Crippen LogP) is 3.79. The van der Waals surface area contributed by atoms with Crippen molar-refractivity contribution in [2.45, 2.75) is 62.6 Å². The zero-order valence-corrected chi connectivity index (χ0v) is 19.7. The van der Waals surface area contributed by atoms with Crippen LogP contribution < -0.4 is 15.4 Å². The molecule has 9 nitrogen and oxygen atoms in total. The molecule has 4 N–H and O–H groups in total. The van der Waals surface area contributed by atoms with Gasteiger partial charge in [-0.05, 0) is 70.4 Å². The fourth-order valence-electron chi connectivity index (χ4n) is 4.23. The molecule has 176 valence electrons. The molecule has 0 bridgehead atoms. The van der Waals surface area contributed by atoms with Gasteiger partial charge in [-0.3, -0.25) is 4.31 Å². The first-order chi connectivity index (χ1) is 15.5. The molecule has 33 heavy (non-hydrogen) atoms. The summed E-state index contributed by atoms with van der Waals surface area (Å²) in [6.45, 7) is 5.40. The van der Waals surface area contributed by atoms with Crippen molar-refractivity contribution in [1.29, 1.82) is 0 Å². The number of carbonyl (C=O) groups excluding carboxylic acids is 1. The lowest BCUT2D eigenvalue weighted by Crippen LogP contribution is -2.42. The van der Waals surface area contributed by atoms with Gasteiger partial charge >= 0.3 is 6.09 Å². The molecule has 0 unspecified atom stereocenters. The summed E-state index contributed by atoms with van der Waals surface area (Å²) in [6, 6.07) is 9.22. The molecule has 4 rings (SSSR count). The second-order valence-electron chi connectivity index (χ2n) is 9.25. The van der Waals surface area contributed by atoms with Crippen molar-refractivity contribution in [3.63, 3.8) is 0 Å². The second kappa shape index (κ2) is 8.58. The molecule has 2 aromatic heterocycles. The minimum atomic E-state index is -3.94. The minimum Gasteiger partial charge on any atom is -0.444 e. The highest BCUT2D eigenvalue weighted by Crippen LogP contribution is 2.37. The highest BCUT2D eigenvalue weighted by Gasteiger charge is 2.38. The number of nitrogen functional groups attached to an aromatic ring is 1. The number of aromatic nitrogens is 2. The van der Waals surface area contributed by atoms with Gasteiger partial charge in [0.25, 0.3) is 10.0 Å². The van der Waals surface area contributed by atoms with Crippen LogP contribution in [0.3, 0.4) is 0 Å². The third kappa shape index (κ3) is 4.90. The van der Waals surface area contributed by atoms with E-state index in [0.717, 1.165) is 0 Å². The maximum Gasteiger partial charge on any atom is 0.407 e. The molecule has 0 aliphatic heterocycles. The Kier molecular flexibility index (Phi) is 5.96. The highest BCUT2D eigenvalue weighted by atomic mass is 32.2. The van der Waals surface area contributed by atoms with Crippen molar-refractivity contribution >= 4 is 38.5 Å². The van der Waals surface area contributed by atoms with E-state index in [-0.39, 0.29) is 17.0 Å². The number of nitrogens with two attached hydrogens (primary N) is 1. The van der Waals surface area contributed by atoms with Crippen LogP contribution in [-0.4, -0.2) is 42.2 Å². The Balaban J connectivity index is 1.69. The van der Waals surface area contributed by atoms with Crippen molar-refractivity contribution < 1.29 is 17.9 Å². The smallest absolute Gasteiger partial charge is 0.407 e. The summed E-state index contributed by atoms with van der Waals surface area (Å²) in [5.74, 6) is 0. The van der Waals surface area contributed by atoms with E-state index in [2.05, 4.69) is 15.3 Å². The van der Waals surface area contributed by atoms with E-state index in [9.17, 15) is 13.2 Å². The molecular weight excluding hydrogens is 442 g/mol. The maximum atomic E-state index is 13.9. The minimum absolute atomic E-state index is 0.117. The number of aromatic amines is 1. The van der Waals surface area contributed by atoms with Crippen LogP contribution in [0.5, 0.6) is 0 Å². The van der Waals surface area contributed by atoms with Crippen LogP contribution in [0.25, 0.3) is 11.0 Å². The summed E-state index contributed by atoms with van der Waals surface area (Å²) >= 11 is 0. The van der Waals surface area contributed by atoms with Gasteiger partial charge in [-0.25, -0.2) is 18.2 Å². The Morgan fingerprint density at radius 1 is 1.24 bits per heavy atom. The standard InChI is InChI=1S/C23H29N5O4S/c1-23(2,3)32-22(29)27-16-7-8-17(14-16)28(20-10-12-26-21-19(20)9-11-25-21)33(30,31)18-6-4-5-15(24)13-18/h4-6,9-13,16-17H,7-8,14,24H2,1-3H3,(H,25,26)(H,27,29)/t16-,17+/m0/s1. The summed E-state index contributed by atoms with van der Waals surface area (Å²) in [6.07, 6.45) is 4.48. The number of nitrogens with one attached hydrogen (secondary N) is 2. The number of alkyl carbamates (subject to hydrolysis) is 1. The fraction of sp³-hybridized carbons (Fsp3) is 0.391. The zero-order chi connectivity index (χ0) is 23.8. The average molecular weight is 472 g/mol. The first kappa shape index (κ1) is 22.9. The molecule has 1 fully saturated rings. The van der Waals surface area contributed by atoms with Gasteiger partial charge in [0.1, 0.15) is 11.2 Å². The number of ether oxygens (including phenoxy) is 1.